The molecular formula is C22H17FN4O2S. The van der Waals surface area contributed by atoms with Crippen molar-refractivity contribution >= 4 is 34.7 Å². The van der Waals surface area contributed by atoms with Crippen LogP contribution in [0.4, 0.5) is 15.9 Å². The lowest BCUT2D eigenvalue weighted by Gasteiger charge is -2.10. The number of hydrogen-bond donors (Lipinski definition) is 2. The molecule has 0 bridgehead atoms. The van der Waals surface area contributed by atoms with Crippen LogP contribution in [0.15, 0.2) is 72.1 Å². The number of nitrogens with one attached hydrogen (secondary N) is 2. The van der Waals surface area contributed by atoms with Crippen molar-refractivity contribution in [2.45, 2.75) is 6.92 Å². The molecule has 6 nitrogen and oxygen atoms in total. The van der Waals surface area contributed by atoms with E-state index in [2.05, 4.69) is 15.7 Å². The molecule has 0 atom stereocenters. The zero-order valence-electron chi connectivity index (χ0n) is 15.9. The molecule has 30 heavy (non-hydrogen) atoms. The first-order valence-corrected chi connectivity index (χ1v) is 9.96. The first-order valence-electron chi connectivity index (χ1n) is 9.08. The number of halogens is 1. The van der Waals surface area contributed by atoms with Crippen LogP contribution >= 0.6 is 11.3 Å². The molecule has 150 valence electrons. The molecule has 4 rings (SSSR count). The molecule has 0 aliphatic heterocycles. The van der Waals surface area contributed by atoms with Gasteiger partial charge in [-0.25, -0.2) is 9.07 Å². The van der Waals surface area contributed by atoms with Crippen molar-refractivity contribution in [2.24, 2.45) is 0 Å². The summed E-state index contributed by atoms with van der Waals surface area (Å²) >= 11 is 1.36. The highest BCUT2D eigenvalue weighted by Gasteiger charge is 2.13. The quantitative estimate of drug-likeness (QED) is 0.483. The number of benzene rings is 2. The zero-order valence-corrected chi connectivity index (χ0v) is 16.7. The summed E-state index contributed by atoms with van der Waals surface area (Å²) in [5.41, 5.74) is 2.36. The molecule has 2 aromatic carbocycles. The van der Waals surface area contributed by atoms with Crippen LogP contribution in [0, 0.1) is 12.7 Å². The van der Waals surface area contributed by atoms with Gasteiger partial charge in [0.1, 0.15) is 11.6 Å². The van der Waals surface area contributed by atoms with Crippen molar-refractivity contribution in [1.82, 2.24) is 9.78 Å². The number of carbonyl (C=O) groups is 2. The molecule has 0 saturated heterocycles. The summed E-state index contributed by atoms with van der Waals surface area (Å²) in [7, 11) is 0. The Hall–Kier alpha value is -3.78. The highest BCUT2D eigenvalue weighted by Crippen LogP contribution is 2.19. The lowest BCUT2D eigenvalue weighted by molar-refractivity contribution is 0.102. The summed E-state index contributed by atoms with van der Waals surface area (Å²) < 4.78 is 14.8. The largest absolute Gasteiger partial charge is 0.321 e. The van der Waals surface area contributed by atoms with Gasteiger partial charge >= 0.3 is 0 Å². The standard InChI is InChI=1S/C22H17FN4O2S/c1-14-13-20(27(26-14)18-10-6-16(23)7-11-18)25-21(28)15-4-8-17(9-5-15)24-22(29)19-3-2-12-30-19/h2-13H,1H3,(H,24,29)(H,25,28). The predicted molar refractivity (Wildman–Crippen MR) is 115 cm³/mol. The average molecular weight is 420 g/mol. The van der Waals surface area contributed by atoms with E-state index in [1.165, 1.54) is 23.5 Å². The number of nitrogens with zero attached hydrogens (tertiary/aromatic N) is 2. The monoisotopic (exact) mass is 420 g/mol. The van der Waals surface area contributed by atoms with Gasteiger partial charge in [0.15, 0.2) is 0 Å². The summed E-state index contributed by atoms with van der Waals surface area (Å²) in [6.07, 6.45) is 0. The number of thiophene rings is 1. The third kappa shape index (κ3) is 4.28. The number of aryl methyl sites for hydroxylation is 1. The van der Waals surface area contributed by atoms with Crippen molar-refractivity contribution in [2.75, 3.05) is 10.6 Å². The second-order valence-electron chi connectivity index (χ2n) is 6.52. The Morgan fingerprint density at radius 1 is 0.967 bits per heavy atom. The van der Waals surface area contributed by atoms with Crippen molar-refractivity contribution in [3.63, 3.8) is 0 Å². The van der Waals surface area contributed by atoms with Crippen LogP contribution in [0.1, 0.15) is 25.7 Å². The summed E-state index contributed by atoms with van der Waals surface area (Å²) in [6, 6.07) is 17.7. The minimum Gasteiger partial charge on any atom is -0.321 e. The fraction of sp³-hybridized carbons (Fsp3) is 0.0455. The molecule has 0 aliphatic carbocycles. The van der Waals surface area contributed by atoms with E-state index >= 15 is 0 Å². The lowest BCUT2D eigenvalue weighted by atomic mass is 10.2. The van der Waals surface area contributed by atoms with Crippen molar-refractivity contribution in [1.29, 1.82) is 0 Å². The molecule has 2 aromatic heterocycles. The Kier molecular flexibility index (Phi) is 5.40. The van der Waals surface area contributed by atoms with Crippen LogP contribution in [0.3, 0.4) is 0 Å². The van der Waals surface area contributed by atoms with Crippen molar-refractivity contribution in [3.8, 4) is 5.69 Å². The summed E-state index contributed by atoms with van der Waals surface area (Å²) in [6.45, 7) is 1.81. The molecule has 2 N–H and O–H groups in total. The van der Waals surface area contributed by atoms with Gasteiger partial charge in [0, 0.05) is 17.3 Å². The van der Waals surface area contributed by atoms with Gasteiger partial charge in [0.25, 0.3) is 11.8 Å². The van der Waals surface area contributed by atoms with Gasteiger partial charge in [-0.15, -0.1) is 11.3 Å². The van der Waals surface area contributed by atoms with Gasteiger partial charge in [0.05, 0.1) is 16.3 Å². The fourth-order valence-electron chi connectivity index (χ4n) is 2.86. The third-order valence-corrected chi connectivity index (χ3v) is 5.16. The SMILES string of the molecule is Cc1cc(NC(=O)c2ccc(NC(=O)c3cccs3)cc2)n(-c2ccc(F)cc2)n1. The van der Waals surface area contributed by atoms with Crippen molar-refractivity contribution < 1.29 is 14.0 Å². The van der Waals surface area contributed by atoms with Gasteiger partial charge in [-0.1, -0.05) is 6.07 Å². The Balaban J connectivity index is 1.48. The van der Waals surface area contributed by atoms with Gasteiger partial charge in [-0.05, 0) is 66.9 Å². The fourth-order valence-corrected chi connectivity index (χ4v) is 3.48. The maximum Gasteiger partial charge on any atom is 0.265 e. The second-order valence-corrected chi connectivity index (χ2v) is 7.47. The average Bonchev–Trinajstić information content (AvgIpc) is 3.39. The van der Waals surface area contributed by atoms with E-state index in [9.17, 15) is 14.0 Å². The van der Waals surface area contributed by atoms with E-state index in [0.29, 0.717) is 33.3 Å². The summed E-state index contributed by atoms with van der Waals surface area (Å²) in [5, 5.41) is 11.8. The number of carbonyl (C=O) groups excluding carboxylic acids is 2. The van der Waals surface area contributed by atoms with E-state index in [4.69, 9.17) is 0 Å². The van der Waals surface area contributed by atoms with Crippen molar-refractivity contribution in [3.05, 3.63) is 94.1 Å². The molecule has 0 saturated carbocycles. The molecule has 0 radical (unpaired) electrons. The van der Waals surface area contributed by atoms with Gasteiger partial charge in [-0.2, -0.15) is 5.10 Å². The minimum atomic E-state index is -0.348. The van der Waals surface area contributed by atoms with E-state index in [0.717, 1.165) is 0 Å². The Morgan fingerprint density at radius 2 is 1.70 bits per heavy atom. The predicted octanol–water partition coefficient (Wildman–Crippen LogP) is 4.89. The Labute approximate surface area is 176 Å². The number of rotatable bonds is 5. The highest BCUT2D eigenvalue weighted by atomic mass is 32.1. The van der Waals surface area contributed by atoms with Crippen LogP contribution in [-0.4, -0.2) is 21.6 Å². The topological polar surface area (TPSA) is 76.0 Å². The van der Waals surface area contributed by atoms with Gasteiger partial charge in [-0.3, -0.25) is 9.59 Å². The normalized spacial score (nSPS) is 10.6. The number of aromatic nitrogens is 2. The molecule has 0 fully saturated rings. The minimum absolute atomic E-state index is 0.194. The summed E-state index contributed by atoms with van der Waals surface area (Å²) in [4.78, 5) is 25.4. The number of hydrogen-bond acceptors (Lipinski definition) is 4. The van der Waals surface area contributed by atoms with E-state index < -0.39 is 0 Å². The molecule has 8 heteroatoms. The van der Waals surface area contributed by atoms with Gasteiger partial charge < -0.3 is 10.6 Å². The molecule has 0 spiro atoms. The van der Waals surface area contributed by atoms with E-state index in [-0.39, 0.29) is 17.6 Å². The Morgan fingerprint density at radius 3 is 2.37 bits per heavy atom. The van der Waals surface area contributed by atoms with Crippen LogP contribution in [0.25, 0.3) is 5.69 Å². The molecule has 4 aromatic rings. The van der Waals surface area contributed by atoms with Crippen LogP contribution in [0.2, 0.25) is 0 Å². The molecule has 2 heterocycles. The molecule has 2 amide bonds. The smallest absolute Gasteiger partial charge is 0.265 e. The van der Waals surface area contributed by atoms with Gasteiger partial charge in [0.2, 0.25) is 0 Å². The first kappa shape index (κ1) is 19.5. The number of amides is 2. The highest BCUT2D eigenvalue weighted by molar-refractivity contribution is 7.12. The van der Waals surface area contributed by atoms with Crippen LogP contribution in [0.5, 0.6) is 0 Å². The maximum atomic E-state index is 13.2. The Bertz CT molecular complexity index is 1180. The van der Waals surface area contributed by atoms with Crippen LogP contribution < -0.4 is 10.6 Å². The summed E-state index contributed by atoms with van der Waals surface area (Å²) in [5.74, 6) is -0.395. The van der Waals surface area contributed by atoms with E-state index in [1.54, 1.807) is 60.1 Å². The van der Waals surface area contributed by atoms with Crippen LogP contribution in [-0.2, 0) is 0 Å². The second kappa shape index (κ2) is 8.30. The lowest BCUT2D eigenvalue weighted by Crippen LogP contribution is -2.15. The molecular weight excluding hydrogens is 403 g/mol. The maximum absolute atomic E-state index is 13.2. The number of anilines is 2. The third-order valence-electron chi connectivity index (χ3n) is 4.29. The zero-order chi connectivity index (χ0) is 21.1. The van der Waals surface area contributed by atoms with E-state index in [1.807, 2.05) is 11.4 Å². The first-order chi connectivity index (χ1) is 14.5. The molecule has 0 unspecified atom stereocenters. The molecule has 0 aliphatic rings.